The van der Waals surface area contributed by atoms with E-state index in [0.29, 0.717) is 34.6 Å². The molecule has 0 heterocycles. The van der Waals surface area contributed by atoms with Gasteiger partial charge in [-0.15, -0.1) is 0 Å². The molecule has 0 saturated heterocycles. The Morgan fingerprint density at radius 1 is 0.943 bits per heavy atom. The first kappa shape index (κ1) is 24.6. The minimum Gasteiger partial charge on any atom is -0.494 e. The van der Waals surface area contributed by atoms with E-state index in [0.717, 1.165) is 34.1 Å². The van der Waals surface area contributed by atoms with E-state index >= 15 is 0 Å². The predicted octanol–water partition coefficient (Wildman–Crippen LogP) is 7.28. The summed E-state index contributed by atoms with van der Waals surface area (Å²) in [4.78, 5) is 12.6. The van der Waals surface area contributed by atoms with Gasteiger partial charge in [0.2, 0.25) is 0 Å². The van der Waals surface area contributed by atoms with Crippen molar-refractivity contribution in [3.05, 3.63) is 106 Å². The number of amides is 1. The van der Waals surface area contributed by atoms with Gasteiger partial charge < -0.3 is 9.47 Å². The summed E-state index contributed by atoms with van der Waals surface area (Å²) in [6, 6.07) is 24.1. The van der Waals surface area contributed by atoms with Gasteiger partial charge in [-0.05, 0) is 65.2 Å². The maximum Gasteiger partial charge on any atom is 0.271 e. The first-order valence-electron chi connectivity index (χ1n) is 11.2. The largest absolute Gasteiger partial charge is 0.494 e. The van der Waals surface area contributed by atoms with Gasteiger partial charge in [0, 0.05) is 11.1 Å². The number of halogens is 2. The molecule has 4 aromatic rings. The van der Waals surface area contributed by atoms with Crippen molar-refractivity contribution in [3.63, 3.8) is 0 Å². The lowest BCUT2D eigenvalue weighted by atomic mass is 10.0. The average Bonchev–Trinajstić information content (AvgIpc) is 2.89. The number of benzene rings is 4. The Labute approximate surface area is 214 Å². The predicted molar refractivity (Wildman–Crippen MR) is 142 cm³/mol. The lowest BCUT2D eigenvalue weighted by molar-refractivity contribution is 0.0955. The molecule has 5 nitrogen and oxygen atoms in total. The molecule has 0 saturated carbocycles. The second-order valence-electron chi connectivity index (χ2n) is 7.81. The van der Waals surface area contributed by atoms with Crippen LogP contribution in [0.1, 0.15) is 34.8 Å². The molecule has 0 unspecified atom stereocenters. The molecule has 0 bridgehead atoms. The van der Waals surface area contributed by atoms with Crippen LogP contribution in [0.4, 0.5) is 0 Å². The van der Waals surface area contributed by atoms with Crippen LogP contribution in [-0.2, 0) is 6.61 Å². The fourth-order valence-corrected chi connectivity index (χ4v) is 3.79. The zero-order chi connectivity index (χ0) is 24.6. The molecule has 4 aromatic carbocycles. The van der Waals surface area contributed by atoms with Crippen LogP contribution in [0, 0.1) is 0 Å². The number of fused-ring (bicyclic) bond motifs is 1. The van der Waals surface area contributed by atoms with Crippen molar-refractivity contribution in [3.8, 4) is 11.5 Å². The molecule has 0 aliphatic heterocycles. The zero-order valence-corrected chi connectivity index (χ0v) is 20.6. The molecule has 0 aliphatic carbocycles. The molecule has 178 valence electrons. The summed E-state index contributed by atoms with van der Waals surface area (Å²) in [6.45, 7) is 2.98. The van der Waals surface area contributed by atoms with Crippen LogP contribution >= 0.6 is 23.2 Å². The average molecular weight is 507 g/mol. The van der Waals surface area contributed by atoms with Gasteiger partial charge in [-0.3, -0.25) is 4.79 Å². The van der Waals surface area contributed by atoms with Gasteiger partial charge in [0.25, 0.3) is 5.91 Å². The van der Waals surface area contributed by atoms with Crippen molar-refractivity contribution < 1.29 is 14.3 Å². The van der Waals surface area contributed by atoms with Gasteiger partial charge >= 0.3 is 0 Å². The number of nitrogens with one attached hydrogen (secondary N) is 1. The van der Waals surface area contributed by atoms with Gasteiger partial charge in [0.1, 0.15) is 18.1 Å². The topological polar surface area (TPSA) is 59.9 Å². The van der Waals surface area contributed by atoms with Gasteiger partial charge in [-0.1, -0.05) is 66.5 Å². The third kappa shape index (κ3) is 6.32. The number of hydrogen-bond acceptors (Lipinski definition) is 4. The Kier molecular flexibility index (Phi) is 8.24. The molecule has 1 N–H and O–H groups in total. The number of rotatable bonds is 9. The highest BCUT2D eigenvalue weighted by Crippen LogP contribution is 2.28. The quantitative estimate of drug-likeness (QED) is 0.191. The van der Waals surface area contributed by atoms with E-state index in [2.05, 4.69) is 10.5 Å². The first-order chi connectivity index (χ1) is 17.0. The normalized spacial score (nSPS) is 11.1. The van der Waals surface area contributed by atoms with Crippen molar-refractivity contribution in [2.24, 2.45) is 5.10 Å². The molecule has 4 rings (SSSR count). The molecular formula is C28H24Cl2N2O3. The van der Waals surface area contributed by atoms with Crippen molar-refractivity contribution in [1.29, 1.82) is 0 Å². The van der Waals surface area contributed by atoms with Crippen LogP contribution in [0.3, 0.4) is 0 Å². The zero-order valence-electron chi connectivity index (χ0n) is 19.1. The molecule has 0 radical (unpaired) electrons. The van der Waals surface area contributed by atoms with Gasteiger partial charge in [0.15, 0.2) is 0 Å². The van der Waals surface area contributed by atoms with Gasteiger partial charge in [0.05, 0.1) is 22.9 Å². The Hall–Kier alpha value is -3.54. The van der Waals surface area contributed by atoms with E-state index in [9.17, 15) is 4.79 Å². The highest BCUT2D eigenvalue weighted by Gasteiger charge is 2.10. The number of hydrazone groups is 1. The number of hydrogen-bond donors (Lipinski definition) is 1. The summed E-state index contributed by atoms with van der Waals surface area (Å²) in [6.07, 6.45) is 2.52. The van der Waals surface area contributed by atoms with Crippen LogP contribution in [0.2, 0.25) is 10.0 Å². The summed E-state index contributed by atoms with van der Waals surface area (Å²) >= 11 is 12.1. The molecule has 0 spiro atoms. The van der Waals surface area contributed by atoms with Crippen molar-refractivity contribution in [2.75, 3.05) is 6.61 Å². The Bertz CT molecular complexity index is 1350. The van der Waals surface area contributed by atoms with E-state index < -0.39 is 0 Å². The van der Waals surface area contributed by atoms with Crippen LogP contribution in [0.15, 0.2) is 84.0 Å². The highest BCUT2D eigenvalue weighted by molar-refractivity contribution is 6.42. The van der Waals surface area contributed by atoms with Gasteiger partial charge in [-0.2, -0.15) is 5.10 Å². The molecule has 0 aliphatic rings. The van der Waals surface area contributed by atoms with Gasteiger partial charge in [-0.25, -0.2) is 5.43 Å². The second-order valence-corrected chi connectivity index (χ2v) is 8.62. The maximum absolute atomic E-state index is 12.6. The Balaban J connectivity index is 1.51. The van der Waals surface area contributed by atoms with Crippen LogP contribution in [0.25, 0.3) is 10.8 Å². The van der Waals surface area contributed by atoms with Crippen LogP contribution in [-0.4, -0.2) is 18.7 Å². The SMILES string of the molecule is CCCOc1ccc(C(=O)N/N=C/c2c(OCc3ccc(Cl)c(Cl)c3)ccc3ccccc23)cc1. The highest BCUT2D eigenvalue weighted by atomic mass is 35.5. The van der Waals surface area contributed by atoms with Crippen molar-refractivity contribution >= 4 is 46.1 Å². The molecule has 0 aromatic heterocycles. The summed E-state index contributed by atoms with van der Waals surface area (Å²) < 4.78 is 11.7. The molecule has 7 heteroatoms. The number of ether oxygens (including phenoxy) is 2. The summed E-state index contributed by atoms with van der Waals surface area (Å²) in [7, 11) is 0. The van der Waals surface area contributed by atoms with E-state index in [1.165, 1.54) is 0 Å². The smallest absolute Gasteiger partial charge is 0.271 e. The van der Waals surface area contributed by atoms with E-state index in [1.807, 2.05) is 49.4 Å². The summed E-state index contributed by atoms with van der Waals surface area (Å²) in [5, 5.41) is 7.16. The van der Waals surface area contributed by atoms with Crippen LogP contribution < -0.4 is 14.9 Å². The molecule has 0 fully saturated rings. The van der Waals surface area contributed by atoms with E-state index in [-0.39, 0.29) is 5.91 Å². The third-order valence-corrected chi connectivity index (χ3v) is 6.00. The monoisotopic (exact) mass is 506 g/mol. The molecular weight excluding hydrogens is 483 g/mol. The Morgan fingerprint density at radius 3 is 2.51 bits per heavy atom. The lowest BCUT2D eigenvalue weighted by Crippen LogP contribution is -2.17. The maximum atomic E-state index is 12.6. The fraction of sp³-hybridized carbons (Fsp3) is 0.143. The summed E-state index contributed by atoms with van der Waals surface area (Å²) in [5.41, 5.74) is 4.72. The minimum atomic E-state index is -0.318. The van der Waals surface area contributed by atoms with E-state index in [4.69, 9.17) is 32.7 Å². The number of nitrogens with zero attached hydrogens (tertiary/aromatic N) is 1. The van der Waals surface area contributed by atoms with E-state index in [1.54, 1.807) is 42.6 Å². The third-order valence-electron chi connectivity index (χ3n) is 5.26. The number of carbonyl (C=O) groups excluding carboxylic acids is 1. The Morgan fingerprint density at radius 2 is 1.74 bits per heavy atom. The lowest BCUT2D eigenvalue weighted by Gasteiger charge is -2.12. The van der Waals surface area contributed by atoms with Crippen molar-refractivity contribution in [1.82, 2.24) is 5.43 Å². The van der Waals surface area contributed by atoms with Crippen molar-refractivity contribution in [2.45, 2.75) is 20.0 Å². The fourth-order valence-electron chi connectivity index (χ4n) is 3.47. The molecule has 1 amide bonds. The second kappa shape index (κ2) is 11.7. The standard InChI is InChI=1S/C28H24Cl2N2O3/c1-2-15-34-22-11-8-21(9-12-22)28(33)32-31-17-24-23-6-4-3-5-20(23)10-14-27(24)35-18-19-7-13-25(29)26(30)16-19/h3-14,16-17H,2,15,18H2,1H3,(H,32,33)/b31-17+. The molecule has 0 atom stereocenters. The number of carbonyl (C=O) groups is 1. The molecule has 35 heavy (non-hydrogen) atoms. The summed E-state index contributed by atoms with van der Waals surface area (Å²) in [5.74, 6) is 1.04. The first-order valence-corrected chi connectivity index (χ1v) is 12.0. The minimum absolute atomic E-state index is 0.300. The van der Waals surface area contributed by atoms with Crippen LogP contribution in [0.5, 0.6) is 11.5 Å².